The Labute approximate surface area is 143 Å². The number of hydrogen-bond donors (Lipinski definition) is 0. The van der Waals surface area contributed by atoms with Crippen LogP contribution in [-0.4, -0.2) is 47.2 Å². The van der Waals surface area contributed by atoms with Crippen LogP contribution in [0.2, 0.25) is 0 Å². The van der Waals surface area contributed by atoms with Crippen molar-refractivity contribution in [2.75, 3.05) is 31.1 Å². The van der Waals surface area contributed by atoms with E-state index in [1.54, 1.807) is 6.26 Å². The van der Waals surface area contributed by atoms with Gasteiger partial charge in [0.25, 0.3) is 5.91 Å². The Morgan fingerprint density at radius 3 is 2.54 bits per heavy atom. The van der Waals surface area contributed by atoms with Crippen molar-refractivity contribution in [1.29, 1.82) is 0 Å². The Morgan fingerprint density at radius 2 is 1.92 bits per heavy atom. The molecule has 0 atom stereocenters. The van der Waals surface area contributed by atoms with Crippen LogP contribution in [0.1, 0.15) is 9.67 Å². The van der Waals surface area contributed by atoms with Gasteiger partial charge in [-0.05, 0) is 35.7 Å². The molecule has 1 saturated heterocycles. The van der Waals surface area contributed by atoms with Gasteiger partial charge in [0.1, 0.15) is 5.69 Å². The van der Waals surface area contributed by atoms with Crippen LogP contribution in [-0.2, 0) is 0 Å². The van der Waals surface area contributed by atoms with Crippen LogP contribution in [0.3, 0.4) is 0 Å². The first kappa shape index (κ1) is 14.9. The second kappa shape index (κ2) is 6.45. The summed E-state index contributed by atoms with van der Waals surface area (Å²) in [6.45, 7) is 2.90. The number of hydrogen-bond acceptors (Lipinski definition) is 6. The van der Waals surface area contributed by atoms with Gasteiger partial charge in [-0.15, -0.1) is 21.5 Å². The molecule has 6 nitrogen and oxygen atoms in total. The van der Waals surface area contributed by atoms with Crippen LogP contribution in [0.4, 0.5) is 5.82 Å². The molecule has 1 amide bonds. The lowest BCUT2D eigenvalue weighted by atomic mass is 10.2. The van der Waals surface area contributed by atoms with Gasteiger partial charge in [0.15, 0.2) is 11.6 Å². The van der Waals surface area contributed by atoms with Crippen molar-refractivity contribution in [2.45, 2.75) is 0 Å². The molecule has 24 heavy (non-hydrogen) atoms. The fourth-order valence-electron chi connectivity index (χ4n) is 2.74. The van der Waals surface area contributed by atoms with Crippen molar-refractivity contribution in [1.82, 2.24) is 15.1 Å². The zero-order chi connectivity index (χ0) is 16.4. The summed E-state index contributed by atoms with van der Waals surface area (Å²) in [6.07, 6.45) is 1.62. The summed E-state index contributed by atoms with van der Waals surface area (Å²) >= 11 is 1.49. The third-order valence-electron chi connectivity index (χ3n) is 4.05. The van der Waals surface area contributed by atoms with E-state index in [2.05, 4.69) is 15.1 Å². The van der Waals surface area contributed by atoms with Gasteiger partial charge in [0.05, 0.1) is 11.1 Å². The van der Waals surface area contributed by atoms with Crippen molar-refractivity contribution >= 4 is 23.1 Å². The van der Waals surface area contributed by atoms with E-state index in [0.29, 0.717) is 18.8 Å². The molecule has 0 radical (unpaired) electrons. The fourth-order valence-corrected chi connectivity index (χ4v) is 3.44. The predicted molar refractivity (Wildman–Crippen MR) is 92.2 cm³/mol. The van der Waals surface area contributed by atoms with Gasteiger partial charge in [-0.2, -0.15) is 0 Å². The summed E-state index contributed by atoms with van der Waals surface area (Å²) < 4.78 is 5.32. The lowest BCUT2D eigenvalue weighted by Crippen LogP contribution is -2.48. The average Bonchev–Trinajstić information content (AvgIpc) is 3.35. The highest BCUT2D eigenvalue weighted by atomic mass is 32.1. The molecule has 122 valence electrons. The van der Waals surface area contributed by atoms with Crippen molar-refractivity contribution in [2.24, 2.45) is 0 Å². The monoisotopic (exact) mass is 340 g/mol. The zero-order valence-electron chi connectivity index (χ0n) is 13.0. The number of carbonyl (C=O) groups is 1. The van der Waals surface area contributed by atoms with Crippen molar-refractivity contribution < 1.29 is 9.21 Å². The summed E-state index contributed by atoms with van der Waals surface area (Å²) in [5, 5.41) is 10.4. The summed E-state index contributed by atoms with van der Waals surface area (Å²) in [6, 6.07) is 11.3. The predicted octanol–water partition coefficient (Wildman–Crippen LogP) is 2.76. The maximum Gasteiger partial charge on any atom is 0.264 e. The van der Waals surface area contributed by atoms with Crippen molar-refractivity contribution in [3.63, 3.8) is 0 Å². The van der Waals surface area contributed by atoms with Crippen molar-refractivity contribution in [3.8, 4) is 11.5 Å². The Hall–Kier alpha value is -2.67. The van der Waals surface area contributed by atoms with Crippen LogP contribution in [0.25, 0.3) is 11.5 Å². The Balaban J connectivity index is 1.40. The van der Waals surface area contributed by atoms with Gasteiger partial charge in [-0.25, -0.2) is 0 Å². The molecule has 1 aliphatic rings. The molecule has 3 aromatic rings. The fraction of sp³-hybridized carbons (Fsp3) is 0.235. The van der Waals surface area contributed by atoms with Crippen molar-refractivity contribution in [3.05, 3.63) is 52.9 Å². The van der Waals surface area contributed by atoms with Crippen LogP contribution >= 0.6 is 11.3 Å². The summed E-state index contributed by atoms with van der Waals surface area (Å²) in [7, 11) is 0. The lowest BCUT2D eigenvalue weighted by molar-refractivity contribution is 0.0751. The van der Waals surface area contributed by atoms with Crippen LogP contribution < -0.4 is 4.90 Å². The van der Waals surface area contributed by atoms with Crippen LogP contribution in [0, 0.1) is 0 Å². The van der Waals surface area contributed by atoms with E-state index in [1.807, 2.05) is 46.7 Å². The number of anilines is 1. The maximum atomic E-state index is 12.4. The van der Waals surface area contributed by atoms with E-state index in [1.165, 1.54) is 11.3 Å². The van der Waals surface area contributed by atoms with Gasteiger partial charge < -0.3 is 14.2 Å². The second-order valence-corrected chi connectivity index (χ2v) is 6.46. The molecular formula is C17H16N4O2S. The number of furan rings is 1. The molecule has 1 aliphatic heterocycles. The van der Waals surface area contributed by atoms with Gasteiger partial charge in [-0.1, -0.05) is 6.07 Å². The van der Waals surface area contributed by atoms with E-state index < -0.39 is 0 Å². The van der Waals surface area contributed by atoms with E-state index in [0.717, 1.165) is 29.5 Å². The minimum atomic E-state index is 0.115. The molecule has 0 unspecified atom stereocenters. The lowest BCUT2D eigenvalue weighted by Gasteiger charge is -2.35. The topological polar surface area (TPSA) is 62.5 Å². The third-order valence-corrected chi connectivity index (χ3v) is 4.90. The van der Waals surface area contributed by atoms with Gasteiger partial charge >= 0.3 is 0 Å². The molecular weight excluding hydrogens is 324 g/mol. The van der Waals surface area contributed by atoms with Gasteiger partial charge in [0, 0.05) is 26.2 Å². The highest BCUT2D eigenvalue weighted by molar-refractivity contribution is 7.12. The number of carbonyl (C=O) groups excluding carboxylic acids is 1. The molecule has 0 aliphatic carbocycles. The van der Waals surface area contributed by atoms with Gasteiger partial charge in [-0.3, -0.25) is 4.79 Å². The number of aromatic nitrogens is 2. The highest BCUT2D eigenvalue weighted by Gasteiger charge is 2.23. The molecule has 3 aromatic heterocycles. The number of nitrogens with zero attached hydrogens (tertiary/aromatic N) is 4. The van der Waals surface area contributed by atoms with E-state index in [-0.39, 0.29) is 5.91 Å². The molecule has 0 bridgehead atoms. The van der Waals surface area contributed by atoms with E-state index in [9.17, 15) is 4.79 Å². The number of thiophene rings is 1. The first-order valence-corrected chi connectivity index (χ1v) is 8.64. The van der Waals surface area contributed by atoms with Gasteiger partial charge in [0.2, 0.25) is 0 Å². The largest absolute Gasteiger partial charge is 0.463 e. The third kappa shape index (κ3) is 2.90. The Morgan fingerprint density at radius 1 is 1.04 bits per heavy atom. The standard InChI is InChI=1S/C17H16N4O2S/c22-17(15-4-2-12-24-15)21-9-7-20(8-10-21)16-6-5-13(18-19-16)14-3-1-11-23-14/h1-6,11-12H,7-10H2. The SMILES string of the molecule is O=C(c1cccs1)N1CCN(c2ccc(-c3ccco3)nn2)CC1. The van der Waals surface area contributed by atoms with E-state index in [4.69, 9.17) is 4.42 Å². The quantitative estimate of drug-likeness (QED) is 0.734. The molecule has 4 rings (SSSR count). The summed E-state index contributed by atoms with van der Waals surface area (Å²) in [4.78, 5) is 17.2. The summed E-state index contributed by atoms with van der Waals surface area (Å²) in [5.41, 5.74) is 0.718. The average molecular weight is 340 g/mol. The normalized spacial score (nSPS) is 14.8. The maximum absolute atomic E-state index is 12.4. The molecule has 0 spiro atoms. The molecule has 4 heterocycles. The smallest absolute Gasteiger partial charge is 0.264 e. The highest BCUT2D eigenvalue weighted by Crippen LogP contribution is 2.20. The number of amides is 1. The molecule has 0 aromatic carbocycles. The second-order valence-electron chi connectivity index (χ2n) is 5.51. The first-order chi connectivity index (χ1) is 11.8. The first-order valence-electron chi connectivity index (χ1n) is 7.76. The van der Waals surface area contributed by atoms with Crippen LogP contribution in [0.5, 0.6) is 0 Å². The Kier molecular flexibility index (Phi) is 4.00. The number of rotatable bonds is 3. The molecule has 0 saturated carbocycles. The summed E-state index contributed by atoms with van der Waals surface area (Å²) in [5.74, 6) is 1.65. The minimum Gasteiger partial charge on any atom is -0.463 e. The molecule has 7 heteroatoms. The molecule has 0 N–H and O–H groups in total. The molecule has 1 fully saturated rings. The Bertz CT molecular complexity index is 792. The minimum absolute atomic E-state index is 0.115. The van der Waals surface area contributed by atoms with Crippen LogP contribution in [0.15, 0.2) is 52.5 Å². The number of piperazine rings is 1. The zero-order valence-corrected chi connectivity index (χ0v) is 13.8. The van der Waals surface area contributed by atoms with E-state index >= 15 is 0 Å².